The zero-order valence-electron chi connectivity index (χ0n) is 12.9. The summed E-state index contributed by atoms with van der Waals surface area (Å²) in [5.74, 6) is 0. The summed E-state index contributed by atoms with van der Waals surface area (Å²) in [4.78, 5) is 2.49. The third kappa shape index (κ3) is 3.35. The van der Waals surface area contributed by atoms with Crippen LogP contribution >= 0.6 is 15.9 Å². The summed E-state index contributed by atoms with van der Waals surface area (Å²) < 4.78 is 28.6. The highest BCUT2D eigenvalue weighted by atomic mass is 79.9. The van der Waals surface area contributed by atoms with Gasteiger partial charge in [-0.1, -0.05) is 42.5 Å². The zero-order valence-corrected chi connectivity index (χ0v) is 15.3. The molecule has 2 aromatic rings. The van der Waals surface area contributed by atoms with Crippen molar-refractivity contribution in [3.05, 3.63) is 64.6 Å². The fraction of sp³-hybridized carbons (Fsp3) is 0.294. The summed E-state index contributed by atoms with van der Waals surface area (Å²) in [6, 6.07) is 16.7. The van der Waals surface area contributed by atoms with E-state index in [1.54, 1.807) is 22.5 Å². The number of nitrogens with zero attached hydrogens (tertiary/aromatic N) is 2. The van der Waals surface area contributed by atoms with Gasteiger partial charge in [0.25, 0.3) is 0 Å². The number of benzene rings is 2. The Balaban J connectivity index is 2.03. The molecule has 1 fully saturated rings. The lowest BCUT2D eigenvalue weighted by Crippen LogP contribution is -2.49. The topological polar surface area (TPSA) is 40.6 Å². The van der Waals surface area contributed by atoms with Crippen molar-refractivity contribution < 1.29 is 8.42 Å². The van der Waals surface area contributed by atoms with Gasteiger partial charge < -0.3 is 4.90 Å². The van der Waals surface area contributed by atoms with Crippen LogP contribution in [0, 0.1) is 0 Å². The monoisotopic (exact) mass is 394 g/mol. The summed E-state index contributed by atoms with van der Waals surface area (Å²) in [6.07, 6.45) is 0. The summed E-state index contributed by atoms with van der Waals surface area (Å²) in [5, 5.41) is 0. The van der Waals surface area contributed by atoms with E-state index in [1.165, 1.54) is 0 Å². The predicted octanol–water partition coefficient (Wildman–Crippen LogP) is 3.13. The van der Waals surface area contributed by atoms with Crippen LogP contribution in [0.2, 0.25) is 0 Å². The molecule has 0 bridgehead atoms. The van der Waals surface area contributed by atoms with Crippen molar-refractivity contribution in [2.24, 2.45) is 0 Å². The molecule has 0 spiro atoms. The molecule has 2 aromatic carbocycles. The van der Waals surface area contributed by atoms with Crippen molar-refractivity contribution in [3.63, 3.8) is 0 Å². The predicted molar refractivity (Wildman–Crippen MR) is 94.7 cm³/mol. The van der Waals surface area contributed by atoms with Gasteiger partial charge in [-0.05, 0) is 40.7 Å². The number of rotatable bonds is 3. The van der Waals surface area contributed by atoms with Crippen LogP contribution in [-0.2, 0) is 10.0 Å². The van der Waals surface area contributed by atoms with E-state index in [0.29, 0.717) is 22.5 Å². The Morgan fingerprint density at radius 1 is 1.00 bits per heavy atom. The zero-order chi connectivity index (χ0) is 16.4. The SMILES string of the molecule is CN1CCN(S(=O)(=O)c2ccccc2Br)C(c2ccccc2)C1. The number of hydrogen-bond donors (Lipinski definition) is 0. The molecule has 3 rings (SSSR count). The van der Waals surface area contributed by atoms with Crippen LogP contribution in [0.25, 0.3) is 0 Å². The second kappa shape index (κ2) is 6.73. The maximum absolute atomic E-state index is 13.2. The molecule has 1 atom stereocenters. The van der Waals surface area contributed by atoms with E-state index in [2.05, 4.69) is 20.8 Å². The first-order valence-corrected chi connectivity index (χ1v) is 9.73. The van der Waals surface area contributed by atoms with Gasteiger partial charge in [0.05, 0.1) is 10.9 Å². The van der Waals surface area contributed by atoms with Gasteiger partial charge >= 0.3 is 0 Å². The van der Waals surface area contributed by atoms with Gasteiger partial charge in [0.1, 0.15) is 0 Å². The molecule has 122 valence electrons. The first-order valence-electron chi connectivity index (χ1n) is 7.50. The van der Waals surface area contributed by atoms with Crippen molar-refractivity contribution in [2.75, 3.05) is 26.7 Å². The van der Waals surface area contributed by atoms with Crippen molar-refractivity contribution in [3.8, 4) is 0 Å². The van der Waals surface area contributed by atoms with Crippen LogP contribution in [-0.4, -0.2) is 44.3 Å². The van der Waals surface area contributed by atoms with E-state index in [-0.39, 0.29) is 6.04 Å². The third-order valence-electron chi connectivity index (χ3n) is 4.14. The standard InChI is InChI=1S/C17H19BrN2O2S/c1-19-11-12-20(16(13-19)14-7-3-2-4-8-14)23(21,22)17-10-6-5-9-15(17)18/h2-10,16H,11-13H2,1H3. The minimum absolute atomic E-state index is 0.174. The number of hydrogen-bond acceptors (Lipinski definition) is 3. The van der Waals surface area contributed by atoms with Crippen LogP contribution in [0.3, 0.4) is 0 Å². The average molecular weight is 395 g/mol. The minimum atomic E-state index is -3.55. The summed E-state index contributed by atoms with van der Waals surface area (Å²) in [6.45, 7) is 1.90. The highest BCUT2D eigenvalue weighted by molar-refractivity contribution is 9.10. The molecule has 0 N–H and O–H groups in total. The molecule has 0 saturated carbocycles. The van der Waals surface area contributed by atoms with Gasteiger partial charge in [0.2, 0.25) is 10.0 Å². The Bertz CT molecular complexity index is 780. The molecule has 6 heteroatoms. The quantitative estimate of drug-likeness (QED) is 0.802. The van der Waals surface area contributed by atoms with Gasteiger partial charge in [0, 0.05) is 24.1 Å². The molecule has 0 aromatic heterocycles. The van der Waals surface area contributed by atoms with Crippen LogP contribution in [0.4, 0.5) is 0 Å². The van der Waals surface area contributed by atoms with Gasteiger partial charge in [-0.15, -0.1) is 0 Å². The van der Waals surface area contributed by atoms with Gasteiger partial charge in [-0.25, -0.2) is 8.42 Å². The van der Waals surface area contributed by atoms with Gasteiger partial charge in [-0.2, -0.15) is 4.31 Å². The van der Waals surface area contributed by atoms with E-state index in [0.717, 1.165) is 12.1 Å². The smallest absolute Gasteiger partial charge is 0.244 e. The lowest BCUT2D eigenvalue weighted by atomic mass is 10.1. The fourth-order valence-corrected chi connectivity index (χ4v) is 5.48. The van der Waals surface area contributed by atoms with Gasteiger partial charge in [-0.3, -0.25) is 0 Å². The molecule has 0 amide bonds. The molecule has 4 nitrogen and oxygen atoms in total. The highest BCUT2D eigenvalue weighted by Crippen LogP contribution is 2.33. The van der Waals surface area contributed by atoms with Crippen molar-refractivity contribution in [1.82, 2.24) is 9.21 Å². The molecule has 1 aliphatic heterocycles. The Kier molecular flexibility index (Phi) is 4.87. The molecule has 1 aliphatic rings. The number of likely N-dealkylation sites (N-methyl/N-ethyl adjacent to an activating group) is 1. The first-order chi connectivity index (χ1) is 11.0. The van der Waals surface area contributed by atoms with Crippen LogP contribution in [0.1, 0.15) is 11.6 Å². The fourth-order valence-electron chi connectivity index (χ4n) is 2.92. The molecule has 1 saturated heterocycles. The molecule has 23 heavy (non-hydrogen) atoms. The maximum Gasteiger partial charge on any atom is 0.244 e. The molecule has 1 heterocycles. The largest absolute Gasteiger partial charge is 0.303 e. The second-order valence-corrected chi connectivity index (χ2v) is 8.45. The highest BCUT2D eigenvalue weighted by Gasteiger charge is 2.36. The lowest BCUT2D eigenvalue weighted by Gasteiger charge is -2.39. The second-order valence-electron chi connectivity index (χ2n) is 5.73. The number of sulfonamides is 1. The normalized spacial score (nSPS) is 20.5. The molecule has 1 unspecified atom stereocenters. The van der Waals surface area contributed by atoms with Crippen molar-refractivity contribution in [2.45, 2.75) is 10.9 Å². The molecule has 0 radical (unpaired) electrons. The maximum atomic E-state index is 13.2. The van der Waals surface area contributed by atoms with Crippen LogP contribution in [0.5, 0.6) is 0 Å². The van der Waals surface area contributed by atoms with Crippen LogP contribution in [0.15, 0.2) is 64.0 Å². The van der Waals surface area contributed by atoms with E-state index >= 15 is 0 Å². The number of piperazine rings is 1. The molecule has 0 aliphatic carbocycles. The Morgan fingerprint density at radius 2 is 1.65 bits per heavy atom. The summed E-state index contributed by atoms with van der Waals surface area (Å²) in [5.41, 5.74) is 1.02. The number of halogens is 1. The first kappa shape index (κ1) is 16.6. The third-order valence-corrected chi connectivity index (χ3v) is 7.06. The lowest BCUT2D eigenvalue weighted by molar-refractivity contribution is 0.160. The van der Waals surface area contributed by atoms with E-state index in [1.807, 2.05) is 43.4 Å². The minimum Gasteiger partial charge on any atom is -0.303 e. The van der Waals surface area contributed by atoms with Gasteiger partial charge in [0.15, 0.2) is 0 Å². The molecular formula is C17H19BrN2O2S. The summed E-state index contributed by atoms with van der Waals surface area (Å²) >= 11 is 3.37. The summed E-state index contributed by atoms with van der Waals surface area (Å²) in [7, 11) is -1.53. The van der Waals surface area contributed by atoms with E-state index < -0.39 is 10.0 Å². The van der Waals surface area contributed by atoms with Crippen molar-refractivity contribution in [1.29, 1.82) is 0 Å². The van der Waals surface area contributed by atoms with Crippen LogP contribution < -0.4 is 0 Å². The Hall–Kier alpha value is -1.21. The van der Waals surface area contributed by atoms with E-state index in [9.17, 15) is 8.42 Å². The molecular weight excluding hydrogens is 376 g/mol. The average Bonchev–Trinajstić information content (AvgIpc) is 2.55. The Labute approximate surface area is 145 Å². The Morgan fingerprint density at radius 3 is 2.35 bits per heavy atom. The van der Waals surface area contributed by atoms with Crippen molar-refractivity contribution >= 4 is 26.0 Å². The van der Waals surface area contributed by atoms with E-state index in [4.69, 9.17) is 0 Å².